The van der Waals surface area contributed by atoms with Gasteiger partial charge in [0.05, 0.1) is 11.9 Å². The smallest absolute Gasteiger partial charge is 0.205 e. The zero-order valence-corrected chi connectivity index (χ0v) is 8.27. The number of nitrogens with one attached hydrogen (secondary N) is 1. The van der Waals surface area contributed by atoms with Crippen molar-refractivity contribution in [3.05, 3.63) is 30.5 Å². The molecule has 0 aliphatic heterocycles. The first kappa shape index (κ1) is 8.84. The number of phenols is 1. The van der Waals surface area contributed by atoms with Gasteiger partial charge >= 0.3 is 0 Å². The zero-order chi connectivity index (χ0) is 11.1. The number of nitrogens with zero attached hydrogens (tertiary/aromatic N) is 1. The molecular formula is C11H9N3O2. The summed E-state index contributed by atoms with van der Waals surface area (Å²) in [7, 11) is 0. The molecule has 2 heterocycles. The third kappa shape index (κ3) is 1.22. The van der Waals surface area contributed by atoms with E-state index in [9.17, 15) is 5.11 Å². The summed E-state index contributed by atoms with van der Waals surface area (Å²) in [6.45, 7) is 0. The summed E-state index contributed by atoms with van der Waals surface area (Å²) in [6.07, 6.45) is 1.46. The van der Waals surface area contributed by atoms with Gasteiger partial charge in [0.15, 0.2) is 0 Å². The van der Waals surface area contributed by atoms with Crippen LogP contribution in [0, 0.1) is 0 Å². The second-order valence-electron chi connectivity index (χ2n) is 3.56. The molecule has 0 aliphatic carbocycles. The van der Waals surface area contributed by atoms with Gasteiger partial charge in [0.25, 0.3) is 0 Å². The number of phenolic OH excluding ortho intramolecular Hbond substituents is 1. The van der Waals surface area contributed by atoms with Crippen LogP contribution in [0.15, 0.2) is 35.0 Å². The Kier molecular flexibility index (Phi) is 1.67. The molecule has 0 spiro atoms. The lowest BCUT2D eigenvalue weighted by molar-refractivity contribution is 0.431. The van der Waals surface area contributed by atoms with Gasteiger partial charge < -0.3 is 20.3 Å². The van der Waals surface area contributed by atoms with Crippen LogP contribution < -0.4 is 5.73 Å². The fourth-order valence-corrected chi connectivity index (χ4v) is 1.69. The summed E-state index contributed by atoms with van der Waals surface area (Å²) in [4.78, 5) is 3.11. The highest BCUT2D eigenvalue weighted by Crippen LogP contribution is 2.29. The fourth-order valence-electron chi connectivity index (χ4n) is 1.69. The molecule has 2 aromatic heterocycles. The summed E-state index contributed by atoms with van der Waals surface area (Å²) in [5, 5.41) is 13.9. The lowest BCUT2D eigenvalue weighted by Crippen LogP contribution is -1.83. The Balaban J connectivity index is 2.23. The number of aromatic nitrogens is 2. The number of aromatic hydroxyl groups is 1. The van der Waals surface area contributed by atoms with Gasteiger partial charge in [-0.25, -0.2) is 0 Å². The molecule has 80 valence electrons. The number of aromatic amines is 1. The molecule has 3 rings (SSSR count). The number of rotatable bonds is 1. The number of nitrogen functional groups attached to an aromatic ring is 1. The third-order valence-corrected chi connectivity index (χ3v) is 2.45. The molecular weight excluding hydrogens is 206 g/mol. The molecule has 0 amide bonds. The van der Waals surface area contributed by atoms with Crippen molar-refractivity contribution in [2.45, 2.75) is 0 Å². The Morgan fingerprint density at radius 3 is 2.94 bits per heavy atom. The van der Waals surface area contributed by atoms with Crippen LogP contribution in [0.2, 0.25) is 0 Å². The first-order valence-electron chi connectivity index (χ1n) is 4.76. The van der Waals surface area contributed by atoms with Gasteiger partial charge in [0, 0.05) is 17.0 Å². The summed E-state index contributed by atoms with van der Waals surface area (Å²) in [5.74, 6) is 0.724. The molecule has 5 nitrogen and oxygen atoms in total. The second-order valence-corrected chi connectivity index (χ2v) is 3.56. The normalized spacial score (nSPS) is 11.0. The van der Waals surface area contributed by atoms with Crippen LogP contribution >= 0.6 is 0 Å². The molecule has 0 saturated heterocycles. The van der Waals surface area contributed by atoms with E-state index in [4.69, 9.17) is 10.3 Å². The van der Waals surface area contributed by atoms with E-state index < -0.39 is 0 Å². The van der Waals surface area contributed by atoms with Crippen molar-refractivity contribution in [3.63, 3.8) is 0 Å². The van der Waals surface area contributed by atoms with Gasteiger partial charge in [-0.2, -0.15) is 0 Å². The first-order chi connectivity index (χ1) is 7.74. The summed E-state index contributed by atoms with van der Waals surface area (Å²) >= 11 is 0. The van der Waals surface area contributed by atoms with Gasteiger partial charge in [0.2, 0.25) is 5.76 Å². The number of hydrogen-bond acceptors (Lipinski definition) is 4. The Labute approximate surface area is 90.5 Å². The number of nitrogens with two attached hydrogens (primary N) is 1. The minimum Gasteiger partial charge on any atom is -0.508 e. The Bertz CT molecular complexity index is 654. The number of hydrogen-bond donors (Lipinski definition) is 3. The van der Waals surface area contributed by atoms with E-state index in [2.05, 4.69) is 10.1 Å². The van der Waals surface area contributed by atoms with Gasteiger partial charge in [-0.15, -0.1) is 0 Å². The van der Waals surface area contributed by atoms with Crippen molar-refractivity contribution in [1.29, 1.82) is 0 Å². The van der Waals surface area contributed by atoms with Crippen LogP contribution in [0.1, 0.15) is 0 Å². The Hall–Kier alpha value is -2.43. The van der Waals surface area contributed by atoms with Crippen molar-refractivity contribution in [1.82, 2.24) is 10.1 Å². The molecule has 0 aliphatic rings. The van der Waals surface area contributed by atoms with E-state index in [1.54, 1.807) is 12.1 Å². The highest BCUT2D eigenvalue weighted by molar-refractivity contribution is 5.87. The van der Waals surface area contributed by atoms with Crippen LogP contribution in [-0.4, -0.2) is 15.2 Å². The van der Waals surface area contributed by atoms with E-state index in [1.165, 1.54) is 6.20 Å². The maximum atomic E-state index is 9.34. The second kappa shape index (κ2) is 3.03. The molecule has 4 N–H and O–H groups in total. The predicted molar refractivity (Wildman–Crippen MR) is 59.9 cm³/mol. The highest BCUT2D eigenvalue weighted by Gasteiger charge is 2.10. The van der Waals surface area contributed by atoms with Crippen LogP contribution in [0.5, 0.6) is 5.75 Å². The minimum absolute atomic E-state index is 0.214. The number of benzene rings is 1. The lowest BCUT2D eigenvalue weighted by atomic mass is 10.2. The molecule has 0 bridgehead atoms. The summed E-state index contributed by atoms with van der Waals surface area (Å²) in [6, 6.07) is 6.98. The summed E-state index contributed by atoms with van der Waals surface area (Å²) < 4.78 is 5.04. The Morgan fingerprint density at radius 1 is 1.31 bits per heavy atom. The first-order valence-corrected chi connectivity index (χ1v) is 4.76. The van der Waals surface area contributed by atoms with Crippen LogP contribution in [0.4, 0.5) is 5.69 Å². The molecule has 3 aromatic rings. The van der Waals surface area contributed by atoms with E-state index >= 15 is 0 Å². The number of H-pyrrole nitrogens is 1. The molecule has 0 saturated carbocycles. The average molecular weight is 215 g/mol. The van der Waals surface area contributed by atoms with Crippen LogP contribution in [0.3, 0.4) is 0 Å². The van der Waals surface area contributed by atoms with Gasteiger partial charge in [-0.1, -0.05) is 5.16 Å². The fraction of sp³-hybridized carbons (Fsp3) is 0. The monoisotopic (exact) mass is 215 g/mol. The Morgan fingerprint density at radius 2 is 2.19 bits per heavy atom. The average Bonchev–Trinajstić information content (AvgIpc) is 2.82. The van der Waals surface area contributed by atoms with Crippen molar-refractivity contribution in [3.8, 4) is 17.2 Å². The molecule has 0 radical (unpaired) electrons. The third-order valence-electron chi connectivity index (χ3n) is 2.45. The van der Waals surface area contributed by atoms with Crippen molar-refractivity contribution in [2.75, 3.05) is 5.73 Å². The minimum atomic E-state index is 0.214. The zero-order valence-electron chi connectivity index (χ0n) is 8.27. The molecule has 1 aromatic carbocycles. The molecule has 0 fully saturated rings. The highest BCUT2D eigenvalue weighted by atomic mass is 16.5. The van der Waals surface area contributed by atoms with Gasteiger partial charge in [-0.05, 0) is 18.2 Å². The lowest BCUT2D eigenvalue weighted by Gasteiger charge is -1.91. The molecule has 0 unspecified atom stereocenters. The molecule has 5 heteroatoms. The topological polar surface area (TPSA) is 88.1 Å². The van der Waals surface area contributed by atoms with Crippen molar-refractivity contribution < 1.29 is 9.63 Å². The number of anilines is 1. The van der Waals surface area contributed by atoms with E-state index in [0.717, 1.165) is 16.6 Å². The SMILES string of the molecule is Nc1cnoc1-c1cc2ccc(O)cc2[nH]1. The largest absolute Gasteiger partial charge is 0.508 e. The predicted octanol–water partition coefficient (Wildman–Crippen LogP) is 2.11. The molecule has 16 heavy (non-hydrogen) atoms. The quantitative estimate of drug-likeness (QED) is 0.580. The number of fused-ring (bicyclic) bond motifs is 1. The van der Waals surface area contributed by atoms with Gasteiger partial charge in [0.1, 0.15) is 11.4 Å². The maximum absolute atomic E-state index is 9.34. The van der Waals surface area contributed by atoms with Gasteiger partial charge in [-0.3, -0.25) is 0 Å². The van der Waals surface area contributed by atoms with E-state index in [1.807, 2.05) is 12.1 Å². The van der Waals surface area contributed by atoms with Crippen molar-refractivity contribution >= 4 is 16.6 Å². The van der Waals surface area contributed by atoms with E-state index in [-0.39, 0.29) is 5.75 Å². The van der Waals surface area contributed by atoms with Crippen molar-refractivity contribution in [2.24, 2.45) is 0 Å². The van der Waals surface area contributed by atoms with Crippen LogP contribution in [-0.2, 0) is 0 Å². The standard InChI is InChI=1S/C11H9N3O2/c12-8-5-13-16-11(8)10-3-6-1-2-7(15)4-9(6)14-10/h1-5,14-15H,12H2. The summed E-state index contributed by atoms with van der Waals surface area (Å²) in [5.41, 5.74) is 7.75. The van der Waals surface area contributed by atoms with E-state index in [0.29, 0.717) is 11.4 Å². The van der Waals surface area contributed by atoms with Crippen LogP contribution in [0.25, 0.3) is 22.4 Å². The maximum Gasteiger partial charge on any atom is 0.205 e. The molecule has 0 atom stereocenters.